The molecule has 2 aromatic rings. The summed E-state index contributed by atoms with van der Waals surface area (Å²) >= 11 is 4.76. The zero-order chi connectivity index (χ0) is 12.5. The van der Waals surface area contributed by atoms with E-state index in [1.807, 2.05) is 24.3 Å². The monoisotopic (exact) mass is 313 g/mol. The Balaban J connectivity index is 2.40. The second kappa shape index (κ2) is 4.76. The Bertz CT molecular complexity index is 507. The van der Waals surface area contributed by atoms with E-state index in [1.54, 1.807) is 19.5 Å². The van der Waals surface area contributed by atoms with Crippen molar-refractivity contribution < 1.29 is 9.84 Å². The maximum atomic E-state index is 10.6. The molecule has 0 fully saturated rings. The van der Waals surface area contributed by atoms with E-state index in [4.69, 9.17) is 4.74 Å². The van der Waals surface area contributed by atoms with Crippen LogP contribution in [0.25, 0.3) is 0 Å². The molecule has 5 heteroatoms. The third-order valence-electron chi connectivity index (χ3n) is 2.62. The van der Waals surface area contributed by atoms with Gasteiger partial charge in [0.25, 0.3) is 0 Å². The van der Waals surface area contributed by atoms with Crippen molar-refractivity contribution in [2.24, 2.45) is 0 Å². The van der Waals surface area contributed by atoms with Crippen molar-refractivity contribution >= 4 is 27.3 Å². The van der Waals surface area contributed by atoms with Gasteiger partial charge in [-0.1, -0.05) is 12.1 Å². The minimum absolute atomic E-state index is 0.684. The lowest BCUT2D eigenvalue weighted by Crippen LogP contribution is -2.21. The molecule has 17 heavy (non-hydrogen) atoms. The first-order chi connectivity index (χ1) is 8.05. The predicted octanol–water partition coefficient (Wildman–Crippen LogP) is 3.17. The normalized spacial score (nSPS) is 14.4. The lowest BCUT2D eigenvalue weighted by Gasteiger charge is -2.22. The van der Waals surface area contributed by atoms with Crippen molar-refractivity contribution in [3.63, 3.8) is 0 Å². The molecule has 90 valence electrons. The molecule has 1 aromatic carbocycles. The number of ether oxygens (including phenoxy) is 1. The van der Waals surface area contributed by atoms with E-state index < -0.39 is 5.60 Å². The highest BCUT2D eigenvalue weighted by Crippen LogP contribution is 2.36. The number of halogens is 1. The van der Waals surface area contributed by atoms with E-state index >= 15 is 0 Å². The van der Waals surface area contributed by atoms with Crippen LogP contribution < -0.4 is 4.74 Å². The molecule has 0 bridgehead atoms. The first-order valence-electron chi connectivity index (χ1n) is 5.02. The summed E-state index contributed by atoms with van der Waals surface area (Å²) in [5.41, 5.74) is 1.46. The number of rotatable bonds is 3. The summed E-state index contributed by atoms with van der Waals surface area (Å²) in [5.74, 6) is 0.771. The van der Waals surface area contributed by atoms with Crippen LogP contribution in [0.4, 0.5) is 0 Å². The first kappa shape index (κ1) is 12.5. The molecular weight excluding hydrogens is 302 g/mol. The molecule has 1 aromatic heterocycles. The quantitative estimate of drug-likeness (QED) is 0.946. The molecule has 1 heterocycles. The molecule has 0 saturated carbocycles. The van der Waals surface area contributed by atoms with Crippen molar-refractivity contribution in [3.8, 4) is 5.75 Å². The minimum atomic E-state index is -1.05. The maximum absolute atomic E-state index is 10.6. The van der Waals surface area contributed by atoms with E-state index in [0.717, 1.165) is 16.2 Å². The summed E-state index contributed by atoms with van der Waals surface area (Å²) in [7, 11) is 1.62. The third-order valence-corrected chi connectivity index (χ3v) is 4.52. The van der Waals surface area contributed by atoms with Gasteiger partial charge in [0.05, 0.1) is 17.5 Å². The third kappa shape index (κ3) is 2.36. The molecule has 0 aliphatic carbocycles. The Morgan fingerprint density at radius 3 is 2.47 bits per heavy atom. The highest BCUT2D eigenvalue weighted by molar-refractivity contribution is 9.10. The van der Waals surface area contributed by atoms with Gasteiger partial charge in [0.1, 0.15) is 16.0 Å². The lowest BCUT2D eigenvalue weighted by molar-refractivity contribution is 0.105. The van der Waals surface area contributed by atoms with Crippen LogP contribution in [0.1, 0.15) is 17.4 Å². The number of benzene rings is 1. The van der Waals surface area contributed by atoms with Crippen molar-refractivity contribution in [2.75, 3.05) is 7.11 Å². The highest BCUT2D eigenvalue weighted by Gasteiger charge is 2.29. The largest absolute Gasteiger partial charge is 0.497 e. The maximum Gasteiger partial charge on any atom is 0.124 e. The Morgan fingerprint density at radius 1 is 1.35 bits per heavy atom. The Labute approximate surface area is 112 Å². The Hall–Kier alpha value is -0.910. The van der Waals surface area contributed by atoms with Crippen molar-refractivity contribution in [2.45, 2.75) is 12.5 Å². The molecule has 0 aliphatic rings. The van der Waals surface area contributed by atoms with Gasteiger partial charge in [-0.15, -0.1) is 11.3 Å². The van der Waals surface area contributed by atoms with Gasteiger partial charge in [0, 0.05) is 0 Å². The summed E-state index contributed by atoms with van der Waals surface area (Å²) in [4.78, 5) is 4.89. The average Bonchev–Trinajstić information content (AvgIpc) is 2.76. The van der Waals surface area contributed by atoms with Crippen LogP contribution in [-0.4, -0.2) is 17.2 Å². The van der Waals surface area contributed by atoms with Gasteiger partial charge in [0.2, 0.25) is 0 Å². The molecule has 3 nitrogen and oxygen atoms in total. The molecule has 2 rings (SSSR count). The summed E-state index contributed by atoms with van der Waals surface area (Å²) in [5, 5.41) is 10.6. The second-order valence-corrected chi connectivity index (χ2v) is 5.38. The zero-order valence-electron chi connectivity index (χ0n) is 9.48. The average molecular weight is 314 g/mol. The van der Waals surface area contributed by atoms with E-state index in [9.17, 15) is 5.11 Å². The smallest absolute Gasteiger partial charge is 0.124 e. The van der Waals surface area contributed by atoms with Crippen LogP contribution >= 0.6 is 27.3 Å². The van der Waals surface area contributed by atoms with E-state index in [0.29, 0.717) is 4.60 Å². The van der Waals surface area contributed by atoms with Crippen LogP contribution in [0.2, 0.25) is 0 Å². The predicted molar refractivity (Wildman–Crippen MR) is 71.5 cm³/mol. The first-order valence-corrected chi connectivity index (χ1v) is 6.69. The molecule has 0 saturated heterocycles. The summed E-state index contributed by atoms with van der Waals surface area (Å²) < 4.78 is 5.78. The fourth-order valence-corrected chi connectivity index (χ4v) is 3.26. The molecule has 1 unspecified atom stereocenters. The lowest BCUT2D eigenvalue weighted by atomic mass is 9.95. The van der Waals surface area contributed by atoms with E-state index in [1.165, 1.54) is 11.3 Å². The van der Waals surface area contributed by atoms with Gasteiger partial charge >= 0.3 is 0 Å². The molecule has 0 spiro atoms. The van der Waals surface area contributed by atoms with Gasteiger partial charge in [-0.3, -0.25) is 0 Å². The second-order valence-electron chi connectivity index (χ2n) is 3.77. The molecule has 1 atom stereocenters. The van der Waals surface area contributed by atoms with Gasteiger partial charge in [-0.2, -0.15) is 0 Å². The number of aliphatic hydroxyl groups is 1. The number of nitrogens with zero attached hydrogens (tertiary/aromatic N) is 1. The summed E-state index contributed by atoms with van der Waals surface area (Å²) in [6, 6.07) is 7.37. The van der Waals surface area contributed by atoms with Crippen LogP contribution in [-0.2, 0) is 5.60 Å². The molecule has 0 aliphatic heterocycles. The van der Waals surface area contributed by atoms with Gasteiger partial charge in [-0.25, -0.2) is 4.98 Å². The number of thiazole rings is 1. The fraction of sp³-hybridized carbons (Fsp3) is 0.250. The van der Waals surface area contributed by atoms with Crippen LogP contribution in [0, 0.1) is 0 Å². The number of hydrogen-bond donors (Lipinski definition) is 1. The topological polar surface area (TPSA) is 42.4 Å². The highest BCUT2D eigenvalue weighted by atomic mass is 79.9. The number of methoxy groups -OCH3 is 1. The summed E-state index contributed by atoms with van der Waals surface area (Å²) in [6.07, 6.45) is 0. The van der Waals surface area contributed by atoms with Gasteiger partial charge in [-0.05, 0) is 40.5 Å². The Kier molecular flexibility index (Phi) is 3.51. The molecule has 0 radical (unpaired) electrons. The van der Waals surface area contributed by atoms with Gasteiger partial charge in [0.15, 0.2) is 0 Å². The molecule has 1 N–H and O–H groups in total. The van der Waals surface area contributed by atoms with E-state index in [2.05, 4.69) is 20.9 Å². The summed E-state index contributed by atoms with van der Waals surface area (Å²) in [6.45, 7) is 1.76. The number of aromatic nitrogens is 1. The SMILES string of the molecule is COc1ccc(C(C)(O)c2scnc2Br)cc1. The standard InChI is InChI=1S/C12H12BrNO2S/c1-12(15,10-11(13)14-7-17-10)8-3-5-9(16-2)6-4-8/h3-7,15H,1-2H3. The molecular formula is C12H12BrNO2S. The van der Waals surface area contributed by atoms with Crippen molar-refractivity contribution in [1.82, 2.24) is 4.98 Å². The van der Waals surface area contributed by atoms with Crippen LogP contribution in [0.3, 0.4) is 0 Å². The van der Waals surface area contributed by atoms with Gasteiger partial charge < -0.3 is 9.84 Å². The van der Waals surface area contributed by atoms with Crippen molar-refractivity contribution in [3.05, 3.63) is 44.8 Å². The zero-order valence-corrected chi connectivity index (χ0v) is 11.9. The molecule has 0 amide bonds. The minimum Gasteiger partial charge on any atom is -0.497 e. The van der Waals surface area contributed by atoms with Crippen molar-refractivity contribution in [1.29, 1.82) is 0 Å². The fourth-order valence-electron chi connectivity index (χ4n) is 1.59. The van der Waals surface area contributed by atoms with E-state index in [-0.39, 0.29) is 0 Å². The van der Waals surface area contributed by atoms with Crippen LogP contribution in [0.5, 0.6) is 5.75 Å². The number of hydrogen-bond acceptors (Lipinski definition) is 4. The van der Waals surface area contributed by atoms with Crippen LogP contribution in [0.15, 0.2) is 34.4 Å². The Morgan fingerprint density at radius 2 is 2.00 bits per heavy atom.